The number of hydrogen-bond acceptors (Lipinski definition) is 4. The number of carbonyl (C=O) groups is 1. The number of hydrogen-bond donors (Lipinski definition) is 2. The molecule has 0 unspecified atom stereocenters. The van der Waals surface area contributed by atoms with Crippen molar-refractivity contribution in [1.29, 1.82) is 0 Å². The zero-order chi connectivity index (χ0) is 17.1. The summed E-state index contributed by atoms with van der Waals surface area (Å²) >= 11 is 14.0. The summed E-state index contributed by atoms with van der Waals surface area (Å²) in [6.45, 7) is 6.09. The number of amides is 1. The SMILES string of the molecule is CC1=C(C(N)=O)[C@H](c2cccc(Cl)c2Cl)N=C(SCC(C)C)N1. The molecule has 1 aliphatic rings. The van der Waals surface area contributed by atoms with Crippen LogP contribution in [0.2, 0.25) is 10.0 Å². The van der Waals surface area contributed by atoms with Gasteiger partial charge in [0.15, 0.2) is 5.17 Å². The van der Waals surface area contributed by atoms with Crippen molar-refractivity contribution in [3.05, 3.63) is 45.1 Å². The second-order valence-corrected chi connectivity index (χ2v) is 7.51. The molecule has 0 fully saturated rings. The highest BCUT2D eigenvalue weighted by Gasteiger charge is 2.29. The van der Waals surface area contributed by atoms with Crippen molar-refractivity contribution in [2.75, 3.05) is 5.75 Å². The Morgan fingerprint density at radius 1 is 1.43 bits per heavy atom. The number of allylic oxidation sites excluding steroid dienone is 1. The van der Waals surface area contributed by atoms with E-state index >= 15 is 0 Å². The fourth-order valence-corrected chi connectivity index (χ4v) is 3.55. The number of primary amides is 1. The van der Waals surface area contributed by atoms with E-state index in [1.54, 1.807) is 23.9 Å². The molecule has 0 aliphatic carbocycles. The molecule has 1 aliphatic heterocycles. The van der Waals surface area contributed by atoms with E-state index in [1.807, 2.05) is 13.0 Å². The number of benzene rings is 1. The summed E-state index contributed by atoms with van der Waals surface area (Å²) in [7, 11) is 0. The van der Waals surface area contributed by atoms with E-state index in [0.29, 0.717) is 32.8 Å². The highest BCUT2D eigenvalue weighted by atomic mass is 35.5. The van der Waals surface area contributed by atoms with Gasteiger partial charge in [-0.3, -0.25) is 4.79 Å². The molecule has 1 aromatic rings. The van der Waals surface area contributed by atoms with Gasteiger partial charge in [-0.1, -0.05) is 60.9 Å². The van der Waals surface area contributed by atoms with Gasteiger partial charge in [-0.15, -0.1) is 0 Å². The molecular weight excluding hydrogens is 353 g/mol. The minimum Gasteiger partial charge on any atom is -0.366 e. The van der Waals surface area contributed by atoms with Gasteiger partial charge in [0.25, 0.3) is 0 Å². The van der Waals surface area contributed by atoms with Crippen molar-refractivity contribution < 1.29 is 4.79 Å². The lowest BCUT2D eigenvalue weighted by Crippen LogP contribution is -2.32. The topological polar surface area (TPSA) is 67.5 Å². The maximum atomic E-state index is 11.9. The molecular formula is C16H19Cl2N3OS. The molecule has 1 aromatic carbocycles. The van der Waals surface area contributed by atoms with Crippen molar-refractivity contribution in [2.45, 2.75) is 26.8 Å². The number of thioether (sulfide) groups is 1. The number of aliphatic imine (C=N–C) groups is 1. The molecule has 1 heterocycles. The van der Waals surface area contributed by atoms with E-state index in [2.05, 4.69) is 24.2 Å². The number of amidine groups is 1. The van der Waals surface area contributed by atoms with Gasteiger partial charge in [-0.05, 0) is 18.9 Å². The Morgan fingerprint density at radius 3 is 2.74 bits per heavy atom. The second-order valence-electron chi connectivity index (χ2n) is 5.71. The van der Waals surface area contributed by atoms with Gasteiger partial charge in [0, 0.05) is 17.0 Å². The summed E-state index contributed by atoms with van der Waals surface area (Å²) in [5.74, 6) is 0.924. The minimum atomic E-state index is -0.547. The monoisotopic (exact) mass is 371 g/mol. The van der Waals surface area contributed by atoms with E-state index in [1.165, 1.54) is 0 Å². The van der Waals surface area contributed by atoms with E-state index in [0.717, 1.165) is 10.9 Å². The molecule has 23 heavy (non-hydrogen) atoms. The molecule has 4 nitrogen and oxygen atoms in total. The Kier molecular flexibility index (Phi) is 6.00. The zero-order valence-corrected chi connectivity index (χ0v) is 15.5. The molecule has 3 N–H and O–H groups in total. The van der Waals surface area contributed by atoms with Crippen molar-refractivity contribution in [2.24, 2.45) is 16.6 Å². The summed E-state index contributed by atoms with van der Waals surface area (Å²) < 4.78 is 0. The van der Waals surface area contributed by atoms with Gasteiger partial charge in [-0.2, -0.15) is 0 Å². The fraction of sp³-hybridized carbons (Fsp3) is 0.375. The lowest BCUT2D eigenvalue weighted by molar-refractivity contribution is -0.114. The van der Waals surface area contributed by atoms with Crippen LogP contribution in [0.15, 0.2) is 34.5 Å². The van der Waals surface area contributed by atoms with E-state index < -0.39 is 11.9 Å². The lowest BCUT2D eigenvalue weighted by atomic mass is 9.96. The Labute approximate surface area is 150 Å². The van der Waals surface area contributed by atoms with E-state index in [9.17, 15) is 4.79 Å². The first kappa shape index (κ1) is 18.2. The molecule has 1 amide bonds. The van der Waals surface area contributed by atoms with Gasteiger partial charge in [0.2, 0.25) is 5.91 Å². The third-order valence-corrected chi connectivity index (χ3v) is 5.46. The number of halogens is 2. The molecule has 124 valence electrons. The van der Waals surface area contributed by atoms with Crippen LogP contribution >= 0.6 is 35.0 Å². The first-order valence-electron chi connectivity index (χ1n) is 7.23. The maximum Gasteiger partial charge on any atom is 0.248 e. The van der Waals surface area contributed by atoms with E-state index in [4.69, 9.17) is 28.9 Å². The summed E-state index contributed by atoms with van der Waals surface area (Å²) in [6, 6.07) is 4.76. The molecule has 0 aromatic heterocycles. The van der Waals surface area contributed by atoms with E-state index in [-0.39, 0.29) is 0 Å². The number of carbonyl (C=O) groups excluding carboxylic acids is 1. The smallest absolute Gasteiger partial charge is 0.248 e. The summed E-state index contributed by atoms with van der Waals surface area (Å²) in [5.41, 5.74) is 7.33. The van der Waals surface area contributed by atoms with Crippen LogP contribution in [0.1, 0.15) is 32.4 Å². The van der Waals surface area contributed by atoms with Gasteiger partial charge in [-0.25, -0.2) is 4.99 Å². The van der Waals surface area contributed by atoms with Crippen molar-refractivity contribution >= 4 is 46.0 Å². The summed E-state index contributed by atoms with van der Waals surface area (Å²) in [5, 5.41) is 4.72. The van der Waals surface area contributed by atoms with Crippen molar-refractivity contribution in [3.63, 3.8) is 0 Å². The average molecular weight is 372 g/mol. The quantitative estimate of drug-likeness (QED) is 0.835. The largest absolute Gasteiger partial charge is 0.366 e. The third kappa shape index (κ3) is 4.22. The first-order valence-corrected chi connectivity index (χ1v) is 8.97. The summed E-state index contributed by atoms with van der Waals surface area (Å²) in [6.07, 6.45) is 0. The molecule has 0 bridgehead atoms. The van der Waals surface area contributed by atoms with Crippen molar-refractivity contribution in [1.82, 2.24) is 5.32 Å². The minimum absolute atomic E-state index is 0.393. The van der Waals surface area contributed by atoms with Crippen LogP contribution in [0.3, 0.4) is 0 Å². The molecule has 1 atom stereocenters. The van der Waals surface area contributed by atoms with Crippen LogP contribution in [0.4, 0.5) is 0 Å². The summed E-state index contributed by atoms with van der Waals surface area (Å²) in [4.78, 5) is 16.5. The lowest BCUT2D eigenvalue weighted by Gasteiger charge is -2.26. The van der Waals surface area contributed by atoms with Crippen LogP contribution in [0.25, 0.3) is 0 Å². The molecule has 7 heteroatoms. The Hall–Kier alpha value is -1.17. The zero-order valence-electron chi connectivity index (χ0n) is 13.2. The molecule has 0 spiro atoms. The first-order chi connectivity index (χ1) is 10.8. The third-order valence-electron chi connectivity index (χ3n) is 3.31. The number of rotatable bonds is 4. The number of nitrogens with zero attached hydrogens (tertiary/aromatic N) is 1. The standard InChI is InChI=1S/C16H19Cl2N3OS/c1-8(2)7-23-16-20-9(3)12(15(19)22)14(21-16)10-5-4-6-11(17)13(10)18/h4-6,8,14H,7H2,1-3H3,(H2,19,22)(H,20,21)/t14-/m0/s1. The highest BCUT2D eigenvalue weighted by Crippen LogP contribution is 2.38. The Bertz CT molecular complexity index is 686. The van der Waals surface area contributed by atoms with Crippen LogP contribution in [0.5, 0.6) is 0 Å². The van der Waals surface area contributed by atoms with Crippen LogP contribution < -0.4 is 11.1 Å². The van der Waals surface area contributed by atoms with Gasteiger partial charge < -0.3 is 11.1 Å². The van der Waals surface area contributed by atoms with Gasteiger partial charge in [0.05, 0.1) is 15.6 Å². The predicted molar refractivity (Wildman–Crippen MR) is 99.0 cm³/mol. The van der Waals surface area contributed by atoms with Gasteiger partial charge >= 0.3 is 0 Å². The normalized spacial score (nSPS) is 18.0. The molecule has 2 rings (SSSR count). The van der Waals surface area contributed by atoms with Crippen LogP contribution in [-0.4, -0.2) is 16.8 Å². The highest BCUT2D eigenvalue weighted by molar-refractivity contribution is 8.13. The Balaban J connectivity index is 2.46. The number of nitrogens with two attached hydrogens (primary N) is 1. The average Bonchev–Trinajstić information content (AvgIpc) is 2.47. The van der Waals surface area contributed by atoms with Crippen LogP contribution in [0, 0.1) is 5.92 Å². The Morgan fingerprint density at radius 2 is 2.13 bits per heavy atom. The number of nitrogens with one attached hydrogen (secondary N) is 1. The van der Waals surface area contributed by atoms with Crippen molar-refractivity contribution in [3.8, 4) is 0 Å². The maximum absolute atomic E-state index is 11.9. The predicted octanol–water partition coefficient (Wildman–Crippen LogP) is 4.14. The molecule has 0 saturated heterocycles. The molecule has 0 radical (unpaired) electrons. The fourth-order valence-electron chi connectivity index (χ4n) is 2.24. The second kappa shape index (κ2) is 7.60. The van der Waals surface area contributed by atoms with Crippen LogP contribution in [-0.2, 0) is 4.79 Å². The van der Waals surface area contributed by atoms with Gasteiger partial charge in [0.1, 0.15) is 6.04 Å². The molecule has 0 saturated carbocycles.